The monoisotopic (exact) mass is 418 g/mol. The Morgan fingerprint density at radius 1 is 1.29 bits per heavy atom. The zero-order valence-electron chi connectivity index (χ0n) is 14.4. The molecule has 0 radical (unpaired) electrons. The molecule has 3 rings (SSSR count). The molecule has 1 heterocycles. The van der Waals surface area contributed by atoms with Crippen molar-refractivity contribution in [2.75, 3.05) is 6.61 Å². The number of ether oxygens (including phenoxy) is 2. The molecule has 0 bridgehead atoms. The van der Waals surface area contributed by atoms with E-state index in [9.17, 15) is 22.4 Å². The predicted octanol–water partition coefficient (Wildman–Crippen LogP) is 4.49. The summed E-state index contributed by atoms with van der Waals surface area (Å²) in [5.74, 6) is -2.21. The molecule has 1 fully saturated rings. The van der Waals surface area contributed by atoms with Gasteiger partial charge in [0, 0.05) is 12.7 Å². The molecule has 1 aliphatic rings. The first-order valence-corrected chi connectivity index (χ1v) is 8.70. The number of halogens is 5. The molecule has 0 saturated heterocycles. The van der Waals surface area contributed by atoms with Crippen LogP contribution in [0, 0.1) is 11.7 Å². The highest BCUT2D eigenvalue weighted by Crippen LogP contribution is 2.31. The average molecular weight is 419 g/mol. The normalized spacial score (nSPS) is 13.9. The van der Waals surface area contributed by atoms with E-state index < -0.39 is 23.8 Å². The number of nitrogens with zero attached hydrogens (tertiary/aromatic N) is 1. The second-order valence-electron chi connectivity index (χ2n) is 6.22. The topological polar surface area (TPSA) is 60.5 Å². The lowest BCUT2D eigenvalue weighted by molar-refractivity contribution is -0.275. The number of carbonyl (C=O) groups excluding carboxylic acids is 1. The molecule has 0 spiro atoms. The number of rotatable bonds is 7. The summed E-state index contributed by atoms with van der Waals surface area (Å²) >= 11 is 6.08. The summed E-state index contributed by atoms with van der Waals surface area (Å²) in [6.07, 6.45) is -1.47. The molecular formula is C18H15ClF4N2O3. The average Bonchev–Trinajstić information content (AvgIpc) is 3.43. The van der Waals surface area contributed by atoms with E-state index in [0.29, 0.717) is 12.5 Å². The highest BCUT2D eigenvalue weighted by molar-refractivity contribution is 6.34. The van der Waals surface area contributed by atoms with Crippen molar-refractivity contribution in [2.45, 2.75) is 25.7 Å². The molecular weight excluding hydrogens is 404 g/mol. The summed E-state index contributed by atoms with van der Waals surface area (Å²) in [6, 6.07) is 4.32. The van der Waals surface area contributed by atoms with Crippen LogP contribution in [0.3, 0.4) is 0 Å². The summed E-state index contributed by atoms with van der Waals surface area (Å²) in [7, 11) is 0. The maximum Gasteiger partial charge on any atom is 0.573 e. The Morgan fingerprint density at radius 3 is 2.68 bits per heavy atom. The molecule has 10 heteroatoms. The first-order chi connectivity index (χ1) is 13.2. The molecule has 1 aliphatic carbocycles. The van der Waals surface area contributed by atoms with Crippen LogP contribution < -0.4 is 14.8 Å². The number of alkyl halides is 3. The van der Waals surface area contributed by atoms with Crippen LogP contribution in [0.15, 0.2) is 30.5 Å². The van der Waals surface area contributed by atoms with E-state index >= 15 is 0 Å². The van der Waals surface area contributed by atoms with Gasteiger partial charge in [-0.25, -0.2) is 9.37 Å². The fourth-order valence-electron chi connectivity index (χ4n) is 2.35. The van der Waals surface area contributed by atoms with E-state index in [1.807, 2.05) is 0 Å². The van der Waals surface area contributed by atoms with Gasteiger partial charge in [-0.2, -0.15) is 0 Å². The first kappa shape index (κ1) is 20.2. The highest BCUT2D eigenvalue weighted by atomic mass is 35.5. The quantitative estimate of drug-likeness (QED) is 0.673. The van der Waals surface area contributed by atoms with Gasteiger partial charge in [-0.05, 0) is 42.5 Å². The zero-order valence-corrected chi connectivity index (χ0v) is 15.1. The molecule has 1 aromatic heterocycles. The van der Waals surface area contributed by atoms with E-state index in [-0.39, 0.29) is 28.6 Å². The minimum Gasteiger partial charge on any atom is -0.477 e. The smallest absolute Gasteiger partial charge is 0.477 e. The van der Waals surface area contributed by atoms with Crippen molar-refractivity contribution in [1.82, 2.24) is 10.3 Å². The Labute approximate surface area is 162 Å². The van der Waals surface area contributed by atoms with Gasteiger partial charge in [-0.15, -0.1) is 13.2 Å². The minimum atomic E-state index is -5.00. The van der Waals surface area contributed by atoms with Gasteiger partial charge in [0.25, 0.3) is 5.91 Å². The number of nitrogens with one attached hydrogen (secondary N) is 1. The van der Waals surface area contributed by atoms with Crippen LogP contribution in [-0.4, -0.2) is 23.9 Å². The lowest BCUT2D eigenvalue weighted by atomic mass is 10.2. The first-order valence-electron chi connectivity index (χ1n) is 8.32. The summed E-state index contributed by atoms with van der Waals surface area (Å²) in [6.45, 7) is 0.287. The number of benzene rings is 1. The lowest BCUT2D eigenvalue weighted by Gasteiger charge is -2.13. The third kappa shape index (κ3) is 5.48. The standard InChI is InChI=1S/C18H15ClF4N2O3/c19-12-5-6-24-17(27-9-10-1-2-10)15(12)16(26)25-8-11-3-4-14(13(20)7-11)28-18(21,22)23/h3-7,10H,1-2,8-9H2,(H,25,26). The van der Waals surface area contributed by atoms with Gasteiger partial charge in [0.1, 0.15) is 5.56 Å². The number of aromatic nitrogens is 1. The summed E-state index contributed by atoms with van der Waals surface area (Å²) in [5, 5.41) is 2.66. The summed E-state index contributed by atoms with van der Waals surface area (Å²) in [5.41, 5.74) is 0.281. The summed E-state index contributed by atoms with van der Waals surface area (Å²) < 4.78 is 59.4. The van der Waals surface area contributed by atoms with Crippen molar-refractivity contribution in [3.8, 4) is 11.6 Å². The van der Waals surface area contributed by atoms with Crippen molar-refractivity contribution < 1.29 is 31.8 Å². The molecule has 1 amide bonds. The van der Waals surface area contributed by atoms with Crippen molar-refractivity contribution in [2.24, 2.45) is 5.92 Å². The van der Waals surface area contributed by atoms with Crippen LogP contribution in [-0.2, 0) is 6.54 Å². The Kier molecular flexibility index (Phi) is 5.93. The van der Waals surface area contributed by atoms with E-state index in [1.165, 1.54) is 18.3 Å². The van der Waals surface area contributed by atoms with Crippen molar-refractivity contribution in [3.05, 3.63) is 52.4 Å². The number of carbonyl (C=O) groups is 1. The second kappa shape index (κ2) is 8.22. The predicted molar refractivity (Wildman–Crippen MR) is 91.7 cm³/mol. The molecule has 0 atom stereocenters. The fourth-order valence-corrected chi connectivity index (χ4v) is 2.57. The van der Waals surface area contributed by atoms with Gasteiger partial charge < -0.3 is 14.8 Å². The molecule has 0 unspecified atom stereocenters. The second-order valence-corrected chi connectivity index (χ2v) is 6.63. The van der Waals surface area contributed by atoms with Gasteiger partial charge in [-0.1, -0.05) is 17.7 Å². The van der Waals surface area contributed by atoms with Crippen LogP contribution in [0.25, 0.3) is 0 Å². The SMILES string of the molecule is O=C(NCc1ccc(OC(F)(F)F)c(F)c1)c1c(Cl)ccnc1OCC1CC1. The molecule has 5 nitrogen and oxygen atoms in total. The van der Waals surface area contributed by atoms with Gasteiger partial charge in [0.05, 0.1) is 11.6 Å². The van der Waals surface area contributed by atoms with Crippen LogP contribution in [0.5, 0.6) is 11.6 Å². The maximum absolute atomic E-state index is 13.7. The van der Waals surface area contributed by atoms with Crippen LogP contribution >= 0.6 is 11.6 Å². The van der Waals surface area contributed by atoms with Gasteiger partial charge in [0.15, 0.2) is 11.6 Å². The number of hydrogen-bond acceptors (Lipinski definition) is 4. The van der Waals surface area contributed by atoms with Crippen molar-refractivity contribution in [3.63, 3.8) is 0 Å². The minimum absolute atomic E-state index is 0.0438. The Hall–Kier alpha value is -2.55. The van der Waals surface area contributed by atoms with Gasteiger partial charge in [0.2, 0.25) is 5.88 Å². The van der Waals surface area contributed by atoms with E-state index in [0.717, 1.165) is 25.0 Å². The van der Waals surface area contributed by atoms with E-state index in [2.05, 4.69) is 15.0 Å². The number of pyridine rings is 1. The third-order valence-corrected chi connectivity index (χ3v) is 4.24. The van der Waals surface area contributed by atoms with Crippen LogP contribution in [0.2, 0.25) is 5.02 Å². The number of amides is 1. The van der Waals surface area contributed by atoms with Crippen molar-refractivity contribution in [1.29, 1.82) is 0 Å². The van der Waals surface area contributed by atoms with Crippen molar-refractivity contribution >= 4 is 17.5 Å². The third-order valence-electron chi connectivity index (χ3n) is 3.92. The largest absolute Gasteiger partial charge is 0.573 e. The lowest BCUT2D eigenvalue weighted by Crippen LogP contribution is -2.24. The van der Waals surface area contributed by atoms with Crippen LogP contribution in [0.4, 0.5) is 17.6 Å². The molecule has 0 aliphatic heterocycles. The maximum atomic E-state index is 13.7. The van der Waals surface area contributed by atoms with E-state index in [1.54, 1.807) is 0 Å². The molecule has 150 valence electrons. The fraction of sp³-hybridized carbons (Fsp3) is 0.333. The number of hydrogen-bond donors (Lipinski definition) is 1. The Balaban J connectivity index is 1.66. The molecule has 2 aromatic rings. The molecule has 28 heavy (non-hydrogen) atoms. The molecule has 1 saturated carbocycles. The molecule has 1 aromatic carbocycles. The van der Waals surface area contributed by atoms with Gasteiger partial charge in [-0.3, -0.25) is 4.79 Å². The Morgan fingerprint density at radius 2 is 2.04 bits per heavy atom. The Bertz CT molecular complexity index is 872. The van der Waals surface area contributed by atoms with Gasteiger partial charge >= 0.3 is 6.36 Å². The molecule has 1 N–H and O–H groups in total. The highest BCUT2D eigenvalue weighted by Gasteiger charge is 2.32. The summed E-state index contributed by atoms with van der Waals surface area (Å²) in [4.78, 5) is 16.5. The van der Waals surface area contributed by atoms with Crippen LogP contribution in [0.1, 0.15) is 28.8 Å². The zero-order chi connectivity index (χ0) is 20.3. The van der Waals surface area contributed by atoms with E-state index in [4.69, 9.17) is 16.3 Å².